The molecule has 0 radical (unpaired) electrons. The lowest BCUT2D eigenvalue weighted by molar-refractivity contribution is 0.102. The summed E-state index contributed by atoms with van der Waals surface area (Å²) in [6.45, 7) is 6.44. The van der Waals surface area contributed by atoms with Crippen molar-refractivity contribution in [2.24, 2.45) is 0 Å². The first-order valence-electron chi connectivity index (χ1n) is 7.31. The molecule has 0 aliphatic carbocycles. The number of nitrogens with one attached hydrogen (secondary N) is 1. The Kier molecular flexibility index (Phi) is 4.60. The van der Waals surface area contributed by atoms with Crippen molar-refractivity contribution in [3.8, 4) is 0 Å². The molecule has 1 aromatic carbocycles. The highest BCUT2D eigenvalue weighted by Gasteiger charge is 2.18. The molecule has 24 heavy (non-hydrogen) atoms. The first-order valence-corrected chi connectivity index (χ1v) is 8.06. The average Bonchev–Trinajstić information content (AvgIpc) is 2.89. The number of amides is 1. The molecule has 0 atom stereocenters. The zero-order valence-corrected chi connectivity index (χ0v) is 14.5. The normalized spacial score (nSPS) is 10.8. The third-order valence-electron chi connectivity index (χ3n) is 3.52. The molecule has 0 bridgehead atoms. The molecule has 6 heteroatoms. The quantitative estimate of drug-likeness (QED) is 0.653. The second-order valence-electron chi connectivity index (χ2n) is 5.55. The molecule has 3 aromatic rings. The van der Waals surface area contributed by atoms with Crippen LogP contribution >= 0.6 is 23.2 Å². The maximum Gasteiger partial charge on any atom is 0.257 e. The van der Waals surface area contributed by atoms with Gasteiger partial charge in [-0.2, -0.15) is 0 Å². The second-order valence-corrected chi connectivity index (χ2v) is 6.37. The van der Waals surface area contributed by atoms with Gasteiger partial charge in [0.15, 0.2) is 0 Å². The summed E-state index contributed by atoms with van der Waals surface area (Å²) in [4.78, 5) is 17.1. The number of aromatic nitrogens is 2. The molecule has 0 aliphatic rings. The van der Waals surface area contributed by atoms with Gasteiger partial charge in [0.25, 0.3) is 5.91 Å². The van der Waals surface area contributed by atoms with Crippen molar-refractivity contribution < 1.29 is 4.79 Å². The molecule has 2 heterocycles. The van der Waals surface area contributed by atoms with Crippen LogP contribution in [-0.4, -0.2) is 15.5 Å². The van der Waals surface area contributed by atoms with Gasteiger partial charge in [-0.15, -0.1) is 0 Å². The Balaban J connectivity index is 2.03. The summed E-state index contributed by atoms with van der Waals surface area (Å²) >= 11 is 12.3. The van der Waals surface area contributed by atoms with Crippen LogP contribution in [0.2, 0.25) is 10.0 Å². The SMILES string of the molecule is C=C(C)Cn1cc(C(=O)Nc2c(Cl)cccc2Cl)c2cccnc21. The van der Waals surface area contributed by atoms with Crippen molar-refractivity contribution in [1.82, 2.24) is 9.55 Å². The van der Waals surface area contributed by atoms with Crippen molar-refractivity contribution in [3.05, 3.63) is 70.5 Å². The van der Waals surface area contributed by atoms with Gasteiger partial charge < -0.3 is 9.88 Å². The van der Waals surface area contributed by atoms with Crippen molar-refractivity contribution in [3.63, 3.8) is 0 Å². The smallest absolute Gasteiger partial charge is 0.257 e. The zero-order valence-electron chi connectivity index (χ0n) is 13.0. The number of nitrogens with zero attached hydrogens (tertiary/aromatic N) is 2. The number of hydrogen-bond donors (Lipinski definition) is 1. The van der Waals surface area contributed by atoms with E-state index in [1.165, 1.54) is 0 Å². The average molecular weight is 360 g/mol. The predicted molar refractivity (Wildman–Crippen MR) is 99.0 cm³/mol. The number of rotatable bonds is 4. The highest BCUT2D eigenvalue weighted by molar-refractivity contribution is 6.40. The fourth-order valence-corrected chi connectivity index (χ4v) is 3.00. The van der Waals surface area contributed by atoms with E-state index >= 15 is 0 Å². The molecule has 2 aromatic heterocycles. The molecule has 1 N–H and O–H groups in total. The van der Waals surface area contributed by atoms with Crippen LogP contribution in [0, 0.1) is 0 Å². The zero-order chi connectivity index (χ0) is 17.3. The van der Waals surface area contributed by atoms with E-state index in [4.69, 9.17) is 23.2 Å². The van der Waals surface area contributed by atoms with Gasteiger partial charge in [0.1, 0.15) is 5.65 Å². The van der Waals surface area contributed by atoms with Gasteiger partial charge in [-0.1, -0.05) is 41.4 Å². The van der Waals surface area contributed by atoms with Gasteiger partial charge in [0.2, 0.25) is 0 Å². The molecule has 0 fully saturated rings. The fourth-order valence-electron chi connectivity index (χ4n) is 2.51. The monoisotopic (exact) mass is 359 g/mol. The predicted octanol–water partition coefficient (Wildman–Crippen LogP) is 5.17. The number of allylic oxidation sites excluding steroid dienone is 1. The van der Waals surface area contributed by atoms with Crippen LogP contribution < -0.4 is 5.32 Å². The van der Waals surface area contributed by atoms with Crippen LogP contribution in [0.15, 0.2) is 54.9 Å². The molecule has 4 nitrogen and oxygen atoms in total. The Hall–Kier alpha value is -2.30. The van der Waals surface area contributed by atoms with E-state index < -0.39 is 0 Å². The van der Waals surface area contributed by atoms with Crippen molar-refractivity contribution >= 4 is 45.8 Å². The van der Waals surface area contributed by atoms with Crippen LogP contribution in [0.3, 0.4) is 0 Å². The van der Waals surface area contributed by atoms with E-state index in [2.05, 4.69) is 16.9 Å². The van der Waals surface area contributed by atoms with E-state index in [1.54, 1.807) is 36.7 Å². The molecule has 122 valence electrons. The number of carbonyl (C=O) groups is 1. The van der Waals surface area contributed by atoms with Gasteiger partial charge in [0.05, 0.1) is 21.3 Å². The number of halogens is 2. The Bertz CT molecular complexity index is 926. The van der Waals surface area contributed by atoms with Gasteiger partial charge in [-0.3, -0.25) is 4.79 Å². The molecule has 0 saturated heterocycles. The lowest BCUT2D eigenvalue weighted by atomic mass is 10.2. The van der Waals surface area contributed by atoms with Crippen molar-refractivity contribution in [2.45, 2.75) is 13.5 Å². The van der Waals surface area contributed by atoms with E-state index in [-0.39, 0.29) is 5.91 Å². The summed E-state index contributed by atoms with van der Waals surface area (Å²) in [5.41, 5.74) is 2.61. The minimum Gasteiger partial charge on any atom is -0.328 e. The highest BCUT2D eigenvalue weighted by Crippen LogP contribution is 2.31. The van der Waals surface area contributed by atoms with Crippen molar-refractivity contribution in [1.29, 1.82) is 0 Å². The van der Waals surface area contributed by atoms with Gasteiger partial charge in [-0.25, -0.2) is 4.98 Å². The number of benzene rings is 1. The fraction of sp³-hybridized carbons (Fsp3) is 0.111. The molecule has 3 rings (SSSR count). The molecular weight excluding hydrogens is 345 g/mol. The first-order chi connectivity index (χ1) is 11.5. The van der Waals surface area contributed by atoms with E-state index in [0.717, 1.165) is 16.6 Å². The second kappa shape index (κ2) is 6.67. The Morgan fingerprint density at radius 2 is 1.96 bits per heavy atom. The summed E-state index contributed by atoms with van der Waals surface area (Å²) in [6, 6.07) is 8.74. The molecule has 0 unspecified atom stereocenters. The van der Waals surface area contributed by atoms with Crippen molar-refractivity contribution in [2.75, 3.05) is 5.32 Å². The maximum atomic E-state index is 12.7. The van der Waals surface area contributed by atoms with Crippen LogP contribution in [0.25, 0.3) is 11.0 Å². The van der Waals surface area contributed by atoms with E-state index in [0.29, 0.717) is 27.8 Å². The number of fused-ring (bicyclic) bond motifs is 1. The highest BCUT2D eigenvalue weighted by atomic mass is 35.5. The van der Waals surface area contributed by atoms with E-state index in [1.807, 2.05) is 17.6 Å². The third kappa shape index (κ3) is 3.16. The molecule has 0 saturated carbocycles. The minimum absolute atomic E-state index is 0.288. The Labute approximate surface area is 149 Å². The summed E-state index contributed by atoms with van der Waals surface area (Å²) in [7, 11) is 0. The van der Waals surface area contributed by atoms with E-state index in [9.17, 15) is 4.79 Å². The Morgan fingerprint density at radius 3 is 2.62 bits per heavy atom. The van der Waals surface area contributed by atoms with Gasteiger partial charge in [-0.05, 0) is 31.2 Å². The minimum atomic E-state index is -0.288. The van der Waals surface area contributed by atoms with Crippen LogP contribution in [0.1, 0.15) is 17.3 Å². The lowest BCUT2D eigenvalue weighted by Crippen LogP contribution is -2.12. The largest absolute Gasteiger partial charge is 0.328 e. The molecular formula is C18H15Cl2N3O. The summed E-state index contributed by atoms with van der Waals surface area (Å²) in [5, 5.41) is 4.33. The van der Waals surface area contributed by atoms with Crippen LogP contribution in [0.4, 0.5) is 5.69 Å². The van der Waals surface area contributed by atoms with Crippen LogP contribution in [0.5, 0.6) is 0 Å². The van der Waals surface area contributed by atoms with Crippen LogP contribution in [-0.2, 0) is 6.54 Å². The van der Waals surface area contributed by atoms with Gasteiger partial charge in [0, 0.05) is 24.3 Å². The number of carbonyl (C=O) groups excluding carboxylic acids is 1. The lowest BCUT2D eigenvalue weighted by Gasteiger charge is -2.08. The standard InChI is InChI=1S/C18H15Cl2N3O/c1-11(2)9-23-10-13(12-5-4-8-21-17(12)23)18(24)22-16-14(19)6-3-7-15(16)20/h3-8,10H,1,9H2,2H3,(H,22,24). The first kappa shape index (κ1) is 16.6. The summed E-state index contributed by atoms with van der Waals surface area (Å²) < 4.78 is 1.90. The molecule has 0 spiro atoms. The molecule has 0 aliphatic heterocycles. The number of hydrogen-bond acceptors (Lipinski definition) is 2. The number of anilines is 1. The molecule has 1 amide bonds. The summed E-state index contributed by atoms with van der Waals surface area (Å²) in [5.74, 6) is -0.288. The number of pyridine rings is 1. The summed E-state index contributed by atoms with van der Waals surface area (Å²) in [6.07, 6.45) is 3.47. The Morgan fingerprint density at radius 1 is 1.25 bits per heavy atom. The third-order valence-corrected chi connectivity index (χ3v) is 4.15. The maximum absolute atomic E-state index is 12.7. The topological polar surface area (TPSA) is 46.9 Å². The van der Waals surface area contributed by atoms with Gasteiger partial charge >= 0.3 is 0 Å². The number of para-hydroxylation sites is 1.